The van der Waals surface area contributed by atoms with Crippen molar-refractivity contribution in [2.75, 3.05) is 6.54 Å². The highest BCUT2D eigenvalue weighted by Crippen LogP contribution is 2.33. The van der Waals surface area contributed by atoms with Gasteiger partial charge in [-0.05, 0) is 35.7 Å². The third-order valence-corrected chi connectivity index (χ3v) is 3.13. The summed E-state index contributed by atoms with van der Waals surface area (Å²) in [5, 5.41) is 0. The summed E-state index contributed by atoms with van der Waals surface area (Å²) in [5.41, 5.74) is 5.10. The lowest BCUT2D eigenvalue weighted by atomic mass is 9.87. The minimum atomic E-state index is -1.78. The largest absolute Gasteiger partial charge is 0.327 e. The van der Waals surface area contributed by atoms with Crippen LogP contribution in [0.3, 0.4) is 0 Å². The zero-order chi connectivity index (χ0) is 13.2. The van der Waals surface area contributed by atoms with Crippen molar-refractivity contribution in [2.24, 2.45) is 5.73 Å². The predicted octanol–water partition coefficient (Wildman–Crippen LogP) is 3.31. The zero-order valence-electron chi connectivity index (χ0n) is 10.2. The second-order valence-electron chi connectivity index (χ2n) is 4.34. The maximum Gasteiger partial charge on any atom is 0.173 e. The highest BCUT2D eigenvalue weighted by atomic mass is 19.1. The van der Waals surface area contributed by atoms with Gasteiger partial charge in [0.05, 0.1) is 0 Å². The molecule has 0 amide bonds. The van der Waals surface area contributed by atoms with Gasteiger partial charge in [-0.15, -0.1) is 0 Å². The molecule has 94 valence electrons. The Morgan fingerprint density at radius 1 is 1.06 bits per heavy atom. The average Bonchev–Trinajstić information content (AvgIpc) is 2.42. The molecular weight excluding hydrogens is 232 g/mol. The van der Waals surface area contributed by atoms with Gasteiger partial charge in [-0.25, -0.2) is 8.78 Å². The Labute approximate surface area is 105 Å². The van der Waals surface area contributed by atoms with Crippen LogP contribution in [0.1, 0.15) is 16.7 Å². The summed E-state index contributed by atoms with van der Waals surface area (Å²) in [4.78, 5) is 0. The molecule has 2 aromatic rings. The van der Waals surface area contributed by atoms with Crippen LogP contribution in [0.2, 0.25) is 0 Å². The Bertz CT molecular complexity index is 539. The van der Waals surface area contributed by atoms with Gasteiger partial charge < -0.3 is 5.73 Å². The van der Waals surface area contributed by atoms with Crippen LogP contribution >= 0.6 is 0 Å². The van der Waals surface area contributed by atoms with Gasteiger partial charge in [-0.1, -0.05) is 36.4 Å². The first-order chi connectivity index (χ1) is 8.58. The highest BCUT2D eigenvalue weighted by molar-refractivity contribution is 5.38. The van der Waals surface area contributed by atoms with Gasteiger partial charge in [0, 0.05) is 6.54 Å². The molecule has 18 heavy (non-hydrogen) atoms. The summed E-state index contributed by atoms with van der Waals surface area (Å²) >= 11 is 0. The Morgan fingerprint density at radius 2 is 1.72 bits per heavy atom. The van der Waals surface area contributed by atoms with Crippen molar-refractivity contribution in [2.45, 2.75) is 12.6 Å². The van der Waals surface area contributed by atoms with Crippen LogP contribution in [0.4, 0.5) is 8.78 Å². The minimum absolute atomic E-state index is 0.178. The summed E-state index contributed by atoms with van der Waals surface area (Å²) in [6.07, 6.45) is 0. The number of halogens is 2. The molecule has 1 atom stereocenters. The minimum Gasteiger partial charge on any atom is -0.327 e. The van der Waals surface area contributed by atoms with E-state index in [9.17, 15) is 4.39 Å². The lowest BCUT2D eigenvalue weighted by Crippen LogP contribution is -2.31. The van der Waals surface area contributed by atoms with Crippen LogP contribution in [0.5, 0.6) is 0 Å². The molecule has 0 aromatic heterocycles. The molecule has 0 heterocycles. The first-order valence-corrected chi connectivity index (χ1v) is 5.79. The van der Waals surface area contributed by atoms with E-state index in [0.717, 1.165) is 0 Å². The molecule has 3 heteroatoms. The number of alkyl halides is 1. The average molecular weight is 247 g/mol. The van der Waals surface area contributed by atoms with Crippen molar-refractivity contribution in [3.63, 3.8) is 0 Å². The maximum absolute atomic E-state index is 15.0. The summed E-state index contributed by atoms with van der Waals surface area (Å²) in [5.74, 6) is -0.341. The van der Waals surface area contributed by atoms with E-state index >= 15 is 4.39 Å². The Hall–Kier alpha value is -1.74. The molecule has 0 bridgehead atoms. The number of hydrogen-bond acceptors (Lipinski definition) is 1. The topological polar surface area (TPSA) is 26.0 Å². The number of hydrogen-bond donors (Lipinski definition) is 1. The van der Waals surface area contributed by atoms with E-state index < -0.39 is 5.67 Å². The lowest BCUT2D eigenvalue weighted by molar-refractivity contribution is 0.232. The molecule has 0 aliphatic rings. The highest BCUT2D eigenvalue weighted by Gasteiger charge is 2.32. The van der Waals surface area contributed by atoms with Gasteiger partial charge in [-0.2, -0.15) is 0 Å². The first-order valence-electron chi connectivity index (χ1n) is 5.79. The molecule has 0 spiro atoms. The Balaban J connectivity index is 2.53. The molecule has 2 aromatic carbocycles. The smallest absolute Gasteiger partial charge is 0.173 e. The fourth-order valence-electron chi connectivity index (χ4n) is 2.00. The maximum atomic E-state index is 15.0. The molecule has 0 aliphatic carbocycles. The first kappa shape index (κ1) is 12.7. The lowest BCUT2D eigenvalue weighted by Gasteiger charge is -2.25. The molecule has 1 unspecified atom stereocenters. The predicted molar refractivity (Wildman–Crippen MR) is 68.5 cm³/mol. The van der Waals surface area contributed by atoms with Gasteiger partial charge in [0.1, 0.15) is 5.82 Å². The quantitative estimate of drug-likeness (QED) is 0.884. The molecule has 0 saturated heterocycles. The van der Waals surface area contributed by atoms with E-state index in [1.807, 2.05) is 6.07 Å². The molecule has 0 radical (unpaired) electrons. The second-order valence-corrected chi connectivity index (χ2v) is 4.34. The van der Waals surface area contributed by atoms with Gasteiger partial charge in [0.15, 0.2) is 5.67 Å². The van der Waals surface area contributed by atoms with E-state index in [1.54, 1.807) is 31.2 Å². The Kier molecular flexibility index (Phi) is 3.43. The van der Waals surface area contributed by atoms with E-state index in [1.165, 1.54) is 18.2 Å². The van der Waals surface area contributed by atoms with Crippen LogP contribution in [-0.4, -0.2) is 6.54 Å². The molecular formula is C15H15F2N. The van der Waals surface area contributed by atoms with Gasteiger partial charge in [-0.3, -0.25) is 0 Å². The molecule has 0 saturated carbocycles. The van der Waals surface area contributed by atoms with Crippen molar-refractivity contribution in [1.82, 2.24) is 0 Å². The van der Waals surface area contributed by atoms with Crippen LogP contribution in [0.25, 0.3) is 0 Å². The fraction of sp³-hybridized carbons (Fsp3) is 0.200. The van der Waals surface area contributed by atoms with Crippen LogP contribution in [0, 0.1) is 12.7 Å². The SMILES string of the molecule is Cc1cc(C(F)(CN)c2ccccc2)ccc1F. The molecule has 1 nitrogen and oxygen atoms in total. The van der Waals surface area contributed by atoms with Crippen molar-refractivity contribution in [3.8, 4) is 0 Å². The summed E-state index contributed by atoms with van der Waals surface area (Å²) in [6, 6.07) is 12.9. The molecule has 2 rings (SSSR count). The monoisotopic (exact) mass is 247 g/mol. The van der Waals surface area contributed by atoms with E-state index in [4.69, 9.17) is 5.73 Å². The van der Waals surface area contributed by atoms with Gasteiger partial charge in [0.25, 0.3) is 0 Å². The zero-order valence-corrected chi connectivity index (χ0v) is 10.2. The van der Waals surface area contributed by atoms with Crippen molar-refractivity contribution < 1.29 is 8.78 Å². The molecule has 2 N–H and O–H groups in total. The number of rotatable bonds is 3. The van der Waals surface area contributed by atoms with Crippen LogP contribution in [-0.2, 0) is 5.67 Å². The summed E-state index contributed by atoms with van der Waals surface area (Å²) in [6.45, 7) is 1.43. The Morgan fingerprint density at radius 3 is 2.28 bits per heavy atom. The summed E-state index contributed by atoms with van der Waals surface area (Å²) in [7, 11) is 0. The normalized spacial score (nSPS) is 14.2. The van der Waals surface area contributed by atoms with Gasteiger partial charge in [0.2, 0.25) is 0 Å². The summed E-state index contributed by atoms with van der Waals surface area (Å²) < 4.78 is 28.3. The van der Waals surface area contributed by atoms with Crippen LogP contribution < -0.4 is 5.73 Å². The van der Waals surface area contributed by atoms with Crippen molar-refractivity contribution in [3.05, 3.63) is 71.0 Å². The number of benzene rings is 2. The van der Waals surface area contributed by atoms with E-state index in [-0.39, 0.29) is 12.4 Å². The number of nitrogens with two attached hydrogens (primary N) is 1. The third kappa shape index (κ3) is 2.14. The molecule has 0 fully saturated rings. The standard InChI is InChI=1S/C15H15F2N/c1-11-9-13(7-8-14(11)16)15(17,10-18)12-5-3-2-4-6-12/h2-9H,10,18H2,1H3. The third-order valence-electron chi connectivity index (χ3n) is 3.13. The van der Waals surface area contributed by atoms with Crippen LogP contribution in [0.15, 0.2) is 48.5 Å². The van der Waals surface area contributed by atoms with Crippen molar-refractivity contribution >= 4 is 0 Å². The second kappa shape index (κ2) is 4.86. The van der Waals surface area contributed by atoms with E-state index in [2.05, 4.69) is 0 Å². The van der Waals surface area contributed by atoms with E-state index in [0.29, 0.717) is 16.7 Å². The van der Waals surface area contributed by atoms with Crippen molar-refractivity contribution in [1.29, 1.82) is 0 Å². The fourth-order valence-corrected chi connectivity index (χ4v) is 2.00. The van der Waals surface area contributed by atoms with Gasteiger partial charge >= 0.3 is 0 Å². The number of aryl methyl sites for hydroxylation is 1. The molecule has 0 aliphatic heterocycles.